The van der Waals surface area contributed by atoms with Crippen LogP contribution in [0.1, 0.15) is 26.3 Å². The van der Waals surface area contributed by atoms with Crippen molar-refractivity contribution in [2.24, 2.45) is 0 Å². The standard InChI is InChI=1S/C13H20N2O2/c1-9(8-16)15-12(17)13(2,3)10-4-6-11(14)7-5-10/h4-7,9,16H,8,14H2,1-3H3,(H,15,17)/t9-/m0/s1. The third-order valence-electron chi connectivity index (χ3n) is 2.85. The molecule has 0 aliphatic heterocycles. The van der Waals surface area contributed by atoms with Crippen molar-refractivity contribution in [2.75, 3.05) is 12.3 Å². The topological polar surface area (TPSA) is 75.3 Å². The van der Waals surface area contributed by atoms with Gasteiger partial charge in [0.1, 0.15) is 0 Å². The first-order chi connectivity index (χ1) is 7.87. The van der Waals surface area contributed by atoms with E-state index in [2.05, 4.69) is 5.32 Å². The smallest absolute Gasteiger partial charge is 0.230 e. The molecule has 17 heavy (non-hydrogen) atoms. The summed E-state index contributed by atoms with van der Waals surface area (Å²) >= 11 is 0. The predicted octanol–water partition coefficient (Wildman–Crippen LogP) is 1.04. The molecule has 0 bridgehead atoms. The Hall–Kier alpha value is -1.55. The van der Waals surface area contributed by atoms with Crippen LogP contribution < -0.4 is 11.1 Å². The molecule has 0 saturated carbocycles. The lowest BCUT2D eigenvalue weighted by atomic mass is 9.83. The first-order valence-electron chi connectivity index (χ1n) is 5.65. The molecule has 1 rings (SSSR count). The number of carbonyl (C=O) groups excluding carboxylic acids is 1. The summed E-state index contributed by atoms with van der Waals surface area (Å²) in [6, 6.07) is 7.01. The maximum Gasteiger partial charge on any atom is 0.230 e. The number of aliphatic hydroxyl groups is 1. The molecule has 0 unspecified atom stereocenters. The van der Waals surface area contributed by atoms with Crippen LogP contribution >= 0.6 is 0 Å². The van der Waals surface area contributed by atoms with Crippen LogP contribution in [-0.4, -0.2) is 23.7 Å². The van der Waals surface area contributed by atoms with Crippen LogP contribution in [-0.2, 0) is 10.2 Å². The van der Waals surface area contributed by atoms with Crippen molar-refractivity contribution in [3.8, 4) is 0 Å². The molecule has 94 valence electrons. The van der Waals surface area contributed by atoms with Crippen molar-refractivity contribution in [1.29, 1.82) is 0 Å². The zero-order chi connectivity index (χ0) is 13.1. The van der Waals surface area contributed by atoms with Gasteiger partial charge in [0.05, 0.1) is 12.0 Å². The van der Waals surface area contributed by atoms with Crippen LogP contribution in [0.5, 0.6) is 0 Å². The molecule has 4 heteroatoms. The van der Waals surface area contributed by atoms with Crippen LogP contribution in [0.3, 0.4) is 0 Å². The number of aliphatic hydroxyl groups excluding tert-OH is 1. The van der Waals surface area contributed by atoms with Gasteiger partial charge in [-0.15, -0.1) is 0 Å². The van der Waals surface area contributed by atoms with E-state index in [0.29, 0.717) is 5.69 Å². The van der Waals surface area contributed by atoms with Crippen LogP contribution in [0.15, 0.2) is 24.3 Å². The Morgan fingerprint density at radius 1 is 1.41 bits per heavy atom. The average Bonchev–Trinajstić information content (AvgIpc) is 2.29. The second kappa shape index (κ2) is 5.19. The molecule has 4 N–H and O–H groups in total. The van der Waals surface area contributed by atoms with Gasteiger partial charge in [0.25, 0.3) is 0 Å². The van der Waals surface area contributed by atoms with Crippen LogP contribution in [0, 0.1) is 0 Å². The third kappa shape index (κ3) is 3.20. The lowest BCUT2D eigenvalue weighted by molar-refractivity contribution is -0.126. The number of rotatable bonds is 4. The maximum absolute atomic E-state index is 12.1. The Morgan fingerprint density at radius 3 is 2.41 bits per heavy atom. The zero-order valence-corrected chi connectivity index (χ0v) is 10.5. The number of nitrogens with one attached hydrogen (secondary N) is 1. The van der Waals surface area contributed by atoms with E-state index in [0.717, 1.165) is 5.56 Å². The monoisotopic (exact) mass is 236 g/mol. The lowest BCUT2D eigenvalue weighted by Gasteiger charge is -2.26. The maximum atomic E-state index is 12.1. The highest BCUT2D eigenvalue weighted by molar-refractivity contribution is 5.87. The molecule has 1 aromatic rings. The largest absolute Gasteiger partial charge is 0.399 e. The van der Waals surface area contributed by atoms with Crippen LogP contribution in [0.2, 0.25) is 0 Å². The van der Waals surface area contributed by atoms with Crippen LogP contribution in [0.4, 0.5) is 5.69 Å². The van der Waals surface area contributed by atoms with Crippen molar-refractivity contribution in [2.45, 2.75) is 32.2 Å². The minimum absolute atomic E-state index is 0.0659. The van der Waals surface area contributed by atoms with Crippen molar-refractivity contribution < 1.29 is 9.90 Å². The molecule has 1 atom stereocenters. The fourth-order valence-electron chi connectivity index (χ4n) is 1.48. The minimum Gasteiger partial charge on any atom is -0.399 e. The van der Waals surface area contributed by atoms with Crippen molar-refractivity contribution in [3.63, 3.8) is 0 Å². The number of hydrogen-bond donors (Lipinski definition) is 3. The van der Waals surface area contributed by atoms with E-state index < -0.39 is 5.41 Å². The first kappa shape index (κ1) is 13.5. The second-order valence-electron chi connectivity index (χ2n) is 4.80. The van der Waals surface area contributed by atoms with Gasteiger partial charge in [0.15, 0.2) is 0 Å². The van der Waals surface area contributed by atoms with E-state index in [4.69, 9.17) is 10.8 Å². The molecule has 1 aromatic carbocycles. The molecule has 0 fully saturated rings. The third-order valence-corrected chi connectivity index (χ3v) is 2.85. The highest BCUT2D eigenvalue weighted by Crippen LogP contribution is 2.24. The molecule has 1 amide bonds. The summed E-state index contributed by atoms with van der Waals surface area (Å²) in [6.07, 6.45) is 0. The number of anilines is 1. The number of nitrogens with two attached hydrogens (primary N) is 1. The van der Waals surface area contributed by atoms with Gasteiger partial charge in [-0.1, -0.05) is 12.1 Å². The Morgan fingerprint density at radius 2 is 1.94 bits per heavy atom. The number of carbonyl (C=O) groups is 1. The van der Waals surface area contributed by atoms with Gasteiger partial charge >= 0.3 is 0 Å². The number of hydrogen-bond acceptors (Lipinski definition) is 3. The molecule has 0 spiro atoms. The highest BCUT2D eigenvalue weighted by Gasteiger charge is 2.30. The van der Waals surface area contributed by atoms with E-state index in [1.165, 1.54) is 0 Å². The lowest BCUT2D eigenvalue weighted by Crippen LogP contribution is -2.45. The highest BCUT2D eigenvalue weighted by atomic mass is 16.3. The molecule has 0 aromatic heterocycles. The number of nitrogen functional groups attached to an aromatic ring is 1. The molecule has 0 radical (unpaired) electrons. The van der Waals surface area contributed by atoms with Crippen LogP contribution in [0.25, 0.3) is 0 Å². The summed E-state index contributed by atoms with van der Waals surface area (Å²) in [6.45, 7) is 5.39. The molecule has 0 heterocycles. The first-order valence-corrected chi connectivity index (χ1v) is 5.65. The quantitative estimate of drug-likeness (QED) is 0.684. The van der Waals surface area contributed by atoms with Crippen molar-refractivity contribution >= 4 is 11.6 Å². The van der Waals surface area contributed by atoms with Gasteiger partial charge in [-0.25, -0.2) is 0 Å². The van der Waals surface area contributed by atoms with Gasteiger partial charge in [-0.3, -0.25) is 4.79 Å². The van der Waals surface area contributed by atoms with E-state index in [9.17, 15) is 4.79 Å². The minimum atomic E-state index is -0.642. The van der Waals surface area contributed by atoms with Gasteiger partial charge in [-0.2, -0.15) is 0 Å². The Bertz CT molecular complexity index is 385. The molecule has 0 aliphatic carbocycles. The molecular weight excluding hydrogens is 216 g/mol. The Balaban J connectivity index is 2.86. The molecule has 0 aliphatic rings. The summed E-state index contributed by atoms with van der Waals surface area (Å²) in [4.78, 5) is 12.1. The average molecular weight is 236 g/mol. The molecule has 4 nitrogen and oxygen atoms in total. The summed E-state index contributed by atoms with van der Waals surface area (Å²) in [5.74, 6) is -0.108. The fourth-order valence-corrected chi connectivity index (χ4v) is 1.48. The predicted molar refractivity (Wildman–Crippen MR) is 68.6 cm³/mol. The fraction of sp³-hybridized carbons (Fsp3) is 0.462. The molecular formula is C13H20N2O2. The van der Waals surface area contributed by atoms with Crippen molar-refractivity contribution in [1.82, 2.24) is 5.32 Å². The summed E-state index contributed by atoms with van der Waals surface area (Å²) in [7, 11) is 0. The Labute approximate surface area is 102 Å². The Kier molecular flexibility index (Phi) is 4.12. The SMILES string of the molecule is C[C@@H](CO)NC(=O)C(C)(C)c1ccc(N)cc1. The van der Waals surface area contributed by atoms with Gasteiger partial charge < -0.3 is 16.2 Å². The van der Waals surface area contributed by atoms with E-state index >= 15 is 0 Å². The normalized spacial score (nSPS) is 13.2. The number of benzene rings is 1. The summed E-state index contributed by atoms with van der Waals surface area (Å²) in [5.41, 5.74) is 6.55. The van der Waals surface area contributed by atoms with Gasteiger partial charge in [0, 0.05) is 11.7 Å². The second-order valence-corrected chi connectivity index (χ2v) is 4.80. The summed E-state index contributed by atoms with van der Waals surface area (Å²) in [5, 5.41) is 11.7. The zero-order valence-electron chi connectivity index (χ0n) is 10.5. The van der Waals surface area contributed by atoms with E-state index in [-0.39, 0.29) is 18.6 Å². The number of amides is 1. The summed E-state index contributed by atoms with van der Waals surface area (Å²) < 4.78 is 0. The van der Waals surface area contributed by atoms with Crippen molar-refractivity contribution in [3.05, 3.63) is 29.8 Å². The van der Waals surface area contributed by atoms with E-state index in [1.54, 1.807) is 19.1 Å². The van der Waals surface area contributed by atoms with Gasteiger partial charge in [0.2, 0.25) is 5.91 Å². The van der Waals surface area contributed by atoms with Gasteiger partial charge in [-0.05, 0) is 38.5 Å². The van der Waals surface area contributed by atoms with E-state index in [1.807, 2.05) is 26.0 Å². The molecule has 0 saturated heterocycles.